The summed E-state index contributed by atoms with van der Waals surface area (Å²) < 4.78 is 1.54. The molecule has 0 fully saturated rings. The number of aromatic amines is 1. The summed E-state index contributed by atoms with van der Waals surface area (Å²) in [5.41, 5.74) is 4.64. The van der Waals surface area contributed by atoms with E-state index in [1.807, 2.05) is 39.0 Å². The number of rotatable bonds is 7. The Hall–Kier alpha value is -3.53. The number of benzene rings is 1. The van der Waals surface area contributed by atoms with E-state index in [2.05, 4.69) is 54.6 Å². The van der Waals surface area contributed by atoms with E-state index in [1.165, 1.54) is 17.3 Å². The first-order valence-corrected chi connectivity index (χ1v) is 11.2. The van der Waals surface area contributed by atoms with Gasteiger partial charge in [-0.1, -0.05) is 43.0 Å². The highest BCUT2D eigenvalue weighted by atomic mass is 32.2. The molecule has 0 aliphatic carbocycles. The molecule has 0 atom stereocenters. The molecule has 4 aromatic rings. The molecule has 0 aliphatic rings. The smallest absolute Gasteiger partial charge is 0.252 e. The molecule has 0 bridgehead atoms. The zero-order valence-electron chi connectivity index (χ0n) is 18.4. The highest BCUT2D eigenvalue weighted by Gasteiger charge is 2.15. The zero-order chi connectivity index (χ0) is 22.7. The molecular formula is C22H24N8OS. The average Bonchev–Trinajstić information content (AvgIpc) is 3.38. The molecule has 2 N–H and O–H groups in total. The first-order valence-electron chi connectivity index (χ1n) is 10.2. The molecule has 3 heterocycles. The molecule has 1 amide bonds. The normalized spacial score (nSPS) is 11.0. The van der Waals surface area contributed by atoms with Gasteiger partial charge in [0.05, 0.1) is 11.4 Å². The van der Waals surface area contributed by atoms with Gasteiger partial charge in [0, 0.05) is 23.0 Å². The van der Waals surface area contributed by atoms with Crippen LogP contribution >= 0.6 is 11.8 Å². The summed E-state index contributed by atoms with van der Waals surface area (Å²) in [5, 5.41) is 15.0. The Kier molecular flexibility index (Phi) is 6.31. The number of aromatic nitrogens is 7. The van der Waals surface area contributed by atoms with E-state index in [0.717, 1.165) is 29.1 Å². The lowest BCUT2D eigenvalue weighted by atomic mass is 10.1. The van der Waals surface area contributed by atoms with Crippen molar-refractivity contribution in [3.8, 4) is 17.3 Å². The van der Waals surface area contributed by atoms with Crippen molar-refractivity contribution in [2.45, 2.75) is 39.3 Å². The summed E-state index contributed by atoms with van der Waals surface area (Å²) in [6.07, 6.45) is 0.987. The minimum Gasteiger partial charge on any atom is -0.310 e. The molecule has 32 heavy (non-hydrogen) atoms. The van der Waals surface area contributed by atoms with Crippen LogP contribution in [0.1, 0.15) is 29.6 Å². The molecule has 0 radical (unpaired) electrons. The second-order valence-corrected chi connectivity index (χ2v) is 8.33. The van der Waals surface area contributed by atoms with Crippen LogP contribution in [0.3, 0.4) is 0 Å². The number of nitrogens with one attached hydrogen (secondary N) is 2. The molecule has 0 unspecified atom stereocenters. The molecule has 0 aliphatic heterocycles. The topological polar surface area (TPSA) is 114 Å². The van der Waals surface area contributed by atoms with Crippen LogP contribution < -0.4 is 5.32 Å². The molecule has 0 spiro atoms. The van der Waals surface area contributed by atoms with Gasteiger partial charge in [-0.2, -0.15) is 9.78 Å². The van der Waals surface area contributed by atoms with Crippen molar-refractivity contribution in [2.24, 2.45) is 0 Å². The number of thioether (sulfide) groups is 1. The van der Waals surface area contributed by atoms with Crippen LogP contribution in [-0.4, -0.2) is 46.6 Å². The second kappa shape index (κ2) is 9.31. The molecule has 0 saturated carbocycles. The highest BCUT2D eigenvalue weighted by Crippen LogP contribution is 2.21. The van der Waals surface area contributed by atoms with Crippen molar-refractivity contribution in [1.29, 1.82) is 0 Å². The van der Waals surface area contributed by atoms with Crippen molar-refractivity contribution in [3.05, 3.63) is 59.0 Å². The van der Waals surface area contributed by atoms with Crippen LogP contribution in [0.2, 0.25) is 0 Å². The fourth-order valence-electron chi connectivity index (χ4n) is 3.19. The first kappa shape index (κ1) is 21.7. The predicted octanol–water partition coefficient (Wildman–Crippen LogP) is 3.67. The summed E-state index contributed by atoms with van der Waals surface area (Å²) in [4.78, 5) is 25.9. The summed E-state index contributed by atoms with van der Waals surface area (Å²) in [7, 11) is 0. The quantitative estimate of drug-likeness (QED) is 0.415. The van der Waals surface area contributed by atoms with E-state index in [0.29, 0.717) is 22.7 Å². The van der Waals surface area contributed by atoms with Crippen LogP contribution in [-0.2, 0) is 11.2 Å². The standard InChI is InChI=1S/C22H24N8OS/c1-5-16-6-8-17(9-7-16)20-26-22(28-27-20)32-12-19(31)25-18-11-15(4)29-30(18)21-23-13(2)10-14(3)24-21/h6-11H,5,12H2,1-4H3,(H,25,31)(H,26,27,28). The van der Waals surface area contributed by atoms with Crippen molar-refractivity contribution in [2.75, 3.05) is 11.1 Å². The minimum absolute atomic E-state index is 0.157. The minimum atomic E-state index is -0.195. The number of nitrogens with zero attached hydrogens (tertiary/aromatic N) is 6. The molecule has 164 valence electrons. The molecule has 10 heteroatoms. The third-order valence-corrected chi connectivity index (χ3v) is 5.54. The maximum Gasteiger partial charge on any atom is 0.252 e. The molecule has 4 rings (SSSR count). The summed E-state index contributed by atoms with van der Waals surface area (Å²) in [5.74, 6) is 1.58. The zero-order valence-corrected chi connectivity index (χ0v) is 19.2. The van der Waals surface area contributed by atoms with Gasteiger partial charge in [-0.15, -0.1) is 5.10 Å². The van der Waals surface area contributed by atoms with Crippen molar-refractivity contribution in [1.82, 2.24) is 34.9 Å². The van der Waals surface area contributed by atoms with Gasteiger partial charge < -0.3 is 5.32 Å². The third-order valence-electron chi connectivity index (χ3n) is 4.69. The Morgan fingerprint density at radius 2 is 1.75 bits per heavy atom. The summed E-state index contributed by atoms with van der Waals surface area (Å²) in [6.45, 7) is 7.76. The van der Waals surface area contributed by atoms with Gasteiger partial charge in [-0.3, -0.25) is 9.89 Å². The van der Waals surface area contributed by atoms with E-state index in [9.17, 15) is 4.79 Å². The van der Waals surface area contributed by atoms with E-state index in [-0.39, 0.29) is 11.7 Å². The Labute approximate surface area is 190 Å². The number of carbonyl (C=O) groups is 1. The van der Waals surface area contributed by atoms with Gasteiger partial charge >= 0.3 is 0 Å². The summed E-state index contributed by atoms with van der Waals surface area (Å²) >= 11 is 1.26. The van der Waals surface area contributed by atoms with Crippen LogP contribution in [0, 0.1) is 20.8 Å². The lowest BCUT2D eigenvalue weighted by Crippen LogP contribution is -2.18. The lowest BCUT2D eigenvalue weighted by Gasteiger charge is -2.08. The van der Waals surface area contributed by atoms with Crippen LogP contribution in [0.25, 0.3) is 17.3 Å². The van der Waals surface area contributed by atoms with Crippen LogP contribution in [0.5, 0.6) is 0 Å². The van der Waals surface area contributed by atoms with Crippen LogP contribution in [0.4, 0.5) is 5.82 Å². The maximum atomic E-state index is 12.6. The number of hydrogen-bond donors (Lipinski definition) is 2. The number of carbonyl (C=O) groups excluding carboxylic acids is 1. The Balaban J connectivity index is 1.41. The van der Waals surface area contributed by atoms with Gasteiger partial charge in [-0.25, -0.2) is 15.0 Å². The average molecular weight is 449 g/mol. The maximum absolute atomic E-state index is 12.6. The summed E-state index contributed by atoms with van der Waals surface area (Å²) in [6, 6.07) is 11.8. The van der Waals surface area contributed by atoms with E-state index >= 15 is 0 Å². The van der Waals surface area contributed by atoms with Gasteiger partial charge in [0.15, 0.2) is 5.82 Å². The molecule has 9 nitrogen and oxygen atoms in total. The number of amides is 1. The van der Waals surface area contributed by atoms with Gasteiger partial charge in [-0.05, 0) is 38.8 Å². The number of hydrogen-bond acceptors (Lipinski definition) is 7. The first-order chi connectivity index (χ1) is 15.4. The van der Waals surface area contributed by atoms with Gasteiger partial charge in [0.1, 0.15) is 5.82 Å². The number of aryl methyl sites for hydroxylation is 4. The van der Waals surface area contributed by atoms with E-state index in [1.54, 1.807) is 10.7 Å². The number of anilines is 1. The van der Waals surface area contributed by atoms with Crippen molar-refractivity contribution >= 4 is 23.5 Å². The van der Waals surface area contributed by atoms with Gasteiger partial charge in [0.2, 0.25) is 11.1 Å². The van der Waals surface area contributed by atoms with Gasteiger partial charge in [0.25, 0.3) is 5.95 Å². The van der Waals surface area contributed by atoms with Crippen LogP contribution in [0.15, 0.2) is 41.6 Å². The van der Waals surface area contributed by atoms with Crippen molar-refractivity contribution in [3.63, 3.8) is 0 Å². The van der Waals surface area contributed by atoms with E-state index in [4.69, 9.17) is 0 Å². The molecule has 0 saturated heterocycles. The third kappa shape index (κ3) is 5.02. The Morgan fingerprint density at radius 3 is 2.44 bits per heavy atom. The monoisotopic (exact) mass is 448 g/mol. The highest BCUT2D eigenvalue weighted by molar-refractivity contribution is 7.99. The fourth-order valence-corrected chi connectivity index (χ4v) is 3.79. The Morgan fingerprint density at radius 1 is 1.03 bits per heavy atom. The van der Waals surface area contributed by atoms with E-state index < -0.39 is 0 Å². The lowest BCUT2D eigenvalue weighted by molar-refractivity contribution is -0.113. The molecule has 3 aromatic heterocycles. The Bertz CT molecular complexity index is 1230. The largest absolute Gasteiger partial charge is 0.310 e. The molecule has 1 aromatic carbocycles. The fraction of sp³-hybridized carbons (Fsp3) is 0.273. The molecular weight excluding hydrogens is 424 g/mol. The predicted molar refractivity (Wildman–Crippen MR) is 124 cm³/mol. The SMILES string of the molecule is CCc1ccc(-c2nc(SCC(=O)Nc3cc(C)nn3-c3nc(C)cc(C)n3)n[nH]2)cc1. The second-order valence-electron chi connectivity index (χ2n) is 7.39. The number of H-pyrrole nitrogens is 1. The van der Waals surface area contributed by atoms with Crippen molar-refractivity contribution < 1.29 is 4.79 Å².